The molecule has 4 nitrogen and oxygen atoms in total. The zero-order chi connectivity index (χ0) is 16.2. The van der Waals surface area contributed by atoms with Gasteiger partial charge in [-0.15, -0.1) is 0 Å². The summed E-state index contributed by atoms with van der Waals surface area (Å²) in [6, 6.07) is 10.0. The van der Waals surface area contributed by atoms with Gasteiger partial charge in [0.05, 0.1) is 0 Å². The first-order valence-electron chi connectivity index (χ1n) is 9.05. The van der Waals surface area contributed by atoms with Crippen LogP contribution in [0.5, 0.6) is 0 Å². The molecule has 0 bridgehead atoms. The van der Waals surface area contributed by atoms with Gasteiger partial charge in [0.25, 0.3) is 0 Å². The monoisotopic (exact) mass is 315 g/mol. The Morgan fingerprint density at radius 3 is 2.78 bits per heavy atom. The molecule has 0 aromatic heterocycles. The molecular formula is C19H29N3O. The molecule has 2 saturated heterocycles. The number of rotatable bonds is 5. The summed E-state index contributed by atoms with van der Waals surface area (Å²) in [6.07, 6.45) is 5.80. The maximum absolute atomic E-state index is 11.4. The van der Waals surface area contributed by atoms with E-state index in [-0.39, 0.29) is 5.91 Å². The first-order chi connectivity index (χ1) is 11.2. The summed E-state index contributed by atoms with van der Waals surface area (Å²) in [7, 11) is 0. The number of hydrogen-bond donors (Lipinski definition) is 2. The fourth-order valence-corrected chi connectivity index (χ4v) is 3.93. The third-order valence-electron chi connectivity index (χ3n) is 5.32. The van der Waals surface area contributed by atoms with Crippen LogP contribution in [0.15, 0.2) is 24.3 Å². The van der Waals surface area contributed by atoms with Crippen LogP contribution in [0.2, 0.25) is 0 Å². The number of nitrogens with one attached hydrogen (secondary N) is 2. The molecule has 2 aliphatic rings. The maximum atomic E-state index is 11.4. The largest absolute Gasteiger partial charge is 0.326 e. The van der Waals surface area contributed by atoms with Gasteiger partial charge in [0.1, 0.15) is 0 Å². The van der Waals surface area contributed by atoms with E-state index in [1.165, 1.54) is 44.3 Å². The van der Waals surface area contributed by atoms with Gasteiger partial charge < -0.3 is 15.5 Å². The summed E-state index contributed by atoms with van der Waals surface area (Å²) < 4.78 is 0. The van der Waals surface area contributed by atoms with Crippen LogP contribution in [0.4, 0.5) is 5.69 Å². The normalized spacial score (nSPS) is 25.8. The minimum Gasteiger partial charge on any atom is -0.326 e. The maximum Gasteiger partial charge on any atom is 0.224 e. The Morgan fingerprint density at radius 2 is 2.04 bits per heavy atom. The van der Waals surface area contributed by atoms with Crippen LogP contribution < -0.4 is 10.6 Å². The average Bonchev–Trinajstić information content (AvgIpc) is 3.03. The van der Waals surface area contributed by atoms with Gasteiger partial charge in [-0.3, -0.25) is 4.79 Å². The van der Waals surface area contributed by atoms with Gasteiger partial charge in [-0.1, -0.05) is 19.1 Å². The van der Waals surface area contributed by atoms with Crippen molar-refractivity contribution in [1.82, 2.24) is 10.2 Å². The summed E-state index contributed by atoms with van der Waals surface area (Å²) in [6.45, 7) is 6.65. The zero-order valence-corrected chi connectivity index (χ0v) is 14.3. The predicted octanol–water partition coefficient (Wildman–Crippen LogP) is 3.31. The van der Waals surface area contributed by atoms with Crippen LogP contribution >= 0.6 is 0 Å². The van der Waals surface area contributed by atoms with Gasteiger partial charge in [0, 0.05) is 30.2 Å². The van der Waals surface area contributed by atoms with Crippen LogP contribution in [-0.4, -0.2) is 36.0 Å². The highest BCUT2D eigenvalue weighted by molar-refractivity contribution is 5.90. The van der Waals surface area contributed by atoms with Gasteiger partial charge in [0.2, 0.25) is 5.91 Å². The van der Waals surface area contributed by atoms with Gasteiger partial charge in [0.15, 0.2) is 0 Å². The first-order valence-corrected chi connectivity index (χ1v) is 9.05. The Hall–Kier alpha value is -1.39. The lowest BCUT2D eigenvalue weighted by Gasteiger charge is -2.36. The molecule has 0 unspecified atom stereocenters. The van der Waals surface area contributed by atoms with Crippen molar-refractivity contribution < 1.29 is 4.79 Å². The number of fused-ring (bicyclic) bond motifs is 1. The Bertz CT molecular complexity index is 528. The topological polar surface area (TPSA) is 44.4 Å². The zero-order valence-electron chi connectivity index (χ0n) is 14.3. The number of amides is 1. The highest BCUT2D eigenvalue weighted by Gasteiger charge is 2.31. The van der Waals surface area contributed by atoms with Crippen molar-refractivity contribution in [2.45, 2.75) is 64.1 Å². The highest BCUT2D eigenvalue weighted by atomic mass is 16.1. The predicted molar refractivity (Wildman–Crippen MR) is 94.5 cm³/mol. The van der Waals surface area contributed by atoms with Crippen LogP contribution in [0.1, 0.15) is 57.6 Å². The van der Waals surface area contributed by atoms with E-state index in [0.717, 1.165) is 11.7 Å². The number of nitrogens with zero attached hydrogens (tertiary/aromatic N) is 1. The van der Waals surface area contributed by atoms with Crippen molar-refractivity contribution in [2.24, 2.45) is 0 Å². The molecule has 2 aliphatic heterocycles. The van der Waals surface area contributed by atoms with E-state index in [9.17, 15) is 4.79 Å². The number of anilines is 1. The lowest BCUT2D eigenvalue weighted by atomic mass is 9.96. The van der Waals surface area contributed by atoms with Gasteiger partial charge >= 0.3 is 0 Å². The Balaban J connectivity index is 1.53. The third-order valence-corrected chi connectivity index (χ3v) is 5.32. The summed E-state index contributed by atoms with van der Waals surface area (Å²) in [5, 5.41) is 6.70. The second-order valence-corrected chi connectivity index (χ2v) is 6.97. The molecule has 3 atom stereocenters. The molecule has 2 N–H and O–H groups in total. The highest BCUT2D eigenvalue weighted by Crippen LogP contribution is 2.28. The van der Waals surface area contributed by atoms with Crippen LogP contribution in [0.3, 0.4) is 0 Å². The lowest BCUT2D eigenvalue weighted by molar-refractivity contribution is -0.115. The quantitative estimate of drug-likeness (QED) is 0.876. The fourth-order valence-electron chi connectivity index (χ4n) is 3.93. The van der Waals surface area contributed by atoms with E-state index in [4.69, 9.17) is 0 Å². The molecule has 0 saturated carbocycles. The van der Waals surface area contributed by atoms with Crippen molar-refractivity contribution in [2.75, 3.05) is 18.4 Å². The minimum atomic E-state index is 0.0623. The molecule has 0 aliphatic carbocycles. The number of hydrogen-bond acceptors (Lipinski definition) is 3. The third kappa shape index (κ3) is 4.12. The molecule has 4 heteroatoms. The van der Waals surface area contributed by atoms with E-state index in [2.05, 4.69) is 34.6 Å². The SMILES string of the molecule is CCC(=O)Nc1ccc([C@H](C)N[C@@H]2CCN3CCC[C@H]3C2)cc1. The van der Waals surface area contributed by atoms with E-state index < -0.39 is 0 Å². The molecule has 126 valence electrons. The molecule has 1 aromatic rings. The van der Waals surface area contributed by atoms with Crippen LogP contribution in [-0.2, 0) is 4.79 Å². The number of carbonyl (C=O) groups is 1. The second-order valence-electron chi connectivity index (χ2n) is 6.97. The molecule has 1 aromatic carbocycles. The molecular weight excluding hydrogens is 286 g/mol. The van der Waals surface area contributed by atoms with Crippen molar-refractivity contribution in [3.05, 3.63) is 29.8 Å². The molecule has 0 radical (unpaired) electrons. The van der Waals surface area contributed by atoms with Crippen LogP contribution in [0, 0.1) is 0 Å². The molecule has 2 fully saturated rings. The van der Waals surface area contributed by atoms with E-state index >= 15 is 0 Å². The molecule has 23 heavy (non-hydrogen) atoms. The summed E-state index contributed by atoms with van der Waals surface area (Å²) >= 11 is 0. The van der Waals surface area contributed by atoms with Crippen molar-refractivity contribution in [1.29, 1.82) is 0 Å². The number of carbonyl (C=O) groups excluding carboxylic acids is 1. The molecule has 2 heterocycles. The van der Waals surface area contributed by atoms with Crippen LogP contribution in [0.25, 0.3) is 0 Å². The van der Waals surface area contributed by atoms with E-state index in [1.807, 2.05) is 19.1 Å². The smallest absolute Gasteiger partial charge is 0.224 e. The van der Waals surface area contributed by atoms with E-state index in [0.29, 0.717) is 18.5 Å². The van der Waals surface area contributed by atoms with Gasteiger partial charge in [-0.05, 0) is 63.4 Å². The molecule has 1 amide bonds. The molecule has 3 rings (SSSR count). The molecule has 0 spiro atoms. The number of benzene rings is 1. The number of piperidine rings is 1. The first kappa shape index (κ1) is 16.5. The summed E-state index contributed by atoms with van der Waals surface area (Å²) in [4.78, 5) is 14.1. The Labute approximate surface area is 139 Å². The van der Waals surface area contributed by atoms with Crippen molar-refractivity contribution in [3.63, 3.8) is 0 Å². The second kappa shape index (κ2) is 7.45. The van der Waals surface area contributed by atoms with Gasteiger partial charge in [-0.25, -0.2) is 0 Å². The Morgan fingerprint density at radius 1 is 1.26 bits per heavy atom. The summed E-state index contributed by atoms with van der Waals surface area (Å²) in [5.41, 5.74) is 2.17. The van der Waals surface area contributed by atoms with Crippen molar-refractivity contribution in [3.8, 4) is 0 Å². The standard InChI is InChI=1S/C19H29N3O/c1-3-19(23)21-16-8-6-15(7-9-16)14(2)20-17-10-12-22-11-4-5-18(22)13-17/h6-9,14,17-18,20H,3-5,10-13H2,1-2H3,(H,21,23)/t14-,17+,18-/m0/s1. The minimum absolute atomic E-state index is 0.0623. The van der Waals surface area contributed by atoms with Crippen molar-refractivity contribution >= 4 is 11.6 Å². The lowest BCUT2D eigenvalue weighted by Crippen LogP contribution is -2.46. The van der Waals surface area contributed by atoms with Gasteiger partial charge in [-0.2, -0.15) is 0 Å². The van der Waals surface area contributed by atoms with E-state index in [1.54, 1.807) is 0 Å². The fraction of sp³-hybridized carbons (Fsp3) is 0.632. The Kier molecular flexibility index (Phi) is 5.34. The summed E-state index contributed by atoms with van der Waals surface area (Å²) in [5.74, 6) is 0.0623. The average molecular weight is 315 g/mol.